The van der Waals surface area contributed by atoms with Gasteiger partial charge in [-0.3, -0.25) is 14.5 Å². The first-order valence-corrected chi connectivity index (χ1v) is 10.5. The van der Waals surface area contributed by atoms with Crippen LogP contribution in [0.4, 0.5) is 0 Å². The van der Waals surface area contributed by atoms with Crippen LogP contribution in [-0.2, 0) is 14.3 Å². The van der Waals surface area contributed by atoms with E-state index in [2.05, 4.69) is 26.2 Å². The molecule has 0 bridgehead atoms. The molecule has 2 aliphatic heterocycles. The lowest BCUT2D eigenvalue weighted by molar-refractivity contribution is -0.139. The van der Waals surface area contributed by atoms with Crippen LogP contribution in [0.25, 0.3) is 0 Å². The fourth-order valence-corrected chi connectivity index (χ4v) is 6.23. The maximum atomic E-state index is 12.4. The number of nitrogens with zero attached hydrogens (tertiary/aromatic N) is 1. The second-order valence-electron chi connectivity index (χ2n) is 6.97. The number of imide groups is 1. The molecule has 4 nitrogen and oxygen atoms in total. The molecule has 3 rings (SSSR count). The second kappa shape index (κ2) is 3.79. The molecule has 1 saturated carbocycles. The molecule has 104 valence electrons. The van der Waals surface area contributed by atoms with Crippen LogP contribution in [0.5, 0.6) is 0 Å². The first-order valence-electron chi connectivity index (χ1n) is 6.96. The van der Waals surface area contributed by atoms with Crippen molar-refractivity contribution in [2.75, 3.05) is 6.54 Å². The van der Waals surface area contributed by atoms with Crippen molar-refractivity contribution >= 4 is 19.9 Å². The van der Waals surface area contributed by atoms with Crippen molar-refractivity contribution in [3.63, 3.8) is 0 Å². The molecule has 1 aliphatic carbocycles. The van der Waals surface area contributed by atoms with E-state index in [1.165, 1.54) is 4.90 Å². The number of epoxide rings is 1. The number of amides is 2. The number of carbonyl (C=O) groups is 2. The number of fused-ring (bicyclic) bond motifs is 2. The predicted octanol–water partition coefficient (Wildman–Crippen LogP) is 1.58. The van der Waals surface area contributed by atoms with Gasteiger partial charge in [0.05, 0.1) is 31.2 Å². The lowest BCUT2D eigenvalue weighted by Crippen LogP contribution is -2.49. The molecule has 4 atom stereocenters. The van der Waals surface area contributed by atoms with Gasteiger partial charge in [0, 0.05) is 6.54 Å². The second-order valence-corrected chi connectivity index (χ2v) is 12.3. The Morgan fingerprint density at radius 3 is 2.58 bits per heavy atom. The minimum atomic E-state index is -1.48. The van der Waals surface area contributed by atoms with Gasteiger partial charge in [0.2, 0.25) is 11.8 Å². The van der Waals surface area contributed by atoms with Gasteiger partial charge in [0.15, 0.2) is 0 Å². The molecule has 0 aromatic carbocycles. The van der Waals surface area contributed by atoms with Crippen LogP contribution in [0.15, 0.2) is 12.7 Å². The monoisotopic (exact) mass is 279 g/mol. The Labute approximate surface area is 114 Å². The van der Waals surface area contributed by atoms with Crippen molar-refractivity contribution < 1.29 is 14.3 Å². The molecule has 0 aromatic heterocycles. The highest BCUT2D eigenvalue weighted by Crippen LogP contribution is 2.58. The third-order valence-electron chi connectivity index (χ3n) is 5.04. The largest absolute Gasteiger partial charge is 0.370 e. The van der Waals surface area contributed by atoms with E-state index in [0.717, 1.165) is 12.8 Å². The third kappa shape index (κ3) is 1.61. The molecule has 2 heterocycles. The summed E-state index contributed by atoms with van der Waals surface area (Å²) < 4.78 is 5.98. The van der Waals surface area contributed by atoms with Crippen molar-refractivity contribution in [3.8, 4) is 0 Å². The van der Waals surface area contributed by atoms with Crippen LogP contribution >= 0.6 is 0 Å². The summed E-state index contributed by atoms with van der Waals surface area (Å²) in [6, 6.07) is 0. The number of hydrogen-bond donors (Lipinski definition) is 0. The Hall–Kier alpha value is -0.943. The van der Waals surface area contributed by atoms with Crippen molar-refractivity contribution in [2.24, 2.45) is 11.8 Å². The van der Waals surface area contributed by atoms with E-state index in [1.54, 1.807) is 6.08 Å². The Morgan fingerprint density at radius 2 is 2.00 bits per heavy atom. The fraction of sp³-hybridized carbons (Fsp3) is 0.714. The first kappa shape index (κ1) is 13.1. The van der Waals surface area contributed by atoms with Gasteiger partial charge in [-0.1, -0.05) is 25.7 Å². The van der Waals surface area contributed by atoms with Gasteiger partial charge in [-0.2, -0.15) is 0 Å². The highest BCUT2D eigenvalue weighted by atomic mass is 28.3. The Kier molecular flexibility index (Phi) is 2.61. The van der Waals surface area contributed by atoms with E-state index in [4.69, 9.17) is 4.74 Å². The van der Waals surface area contributed by atoms with Gasteiger partial charge in [0.1, 0.15) is 0 Å². The van der Waals surface area contributed by atoms with Gasteiger partial charge in [-0.15, -0.1) is 6.58 Å². The van der Waals surface area contributed by atoms with Crippen molar-refractivity contribution in [1.29, 1.82) is 0 Å². The Balaban J connectivity index is 1.87. The maximum Gasteiger partial charge on any atom is 0.233 e. The van der Waals surface area contributed by atoms with Crippen molar-refractivity contribution in [1.82, 2.24) is 4.90 Å². The summed E-state index contributed by atoms with van der Waals surface area (Å²) in [5.41, 5.74) is 0. The summed E-state index contributed by atoms with van der Waals surface area (Å²) in [4.78, 5) is 26.0. The summed E-state index contributed by atoms with van der Waals surface area (Å²) in [5.74, 6) is -0.335. The number of carbonyl (C=O) groups excluding carboxylic acids is 2. The average molecular weight is 279 g/mol. The summed E-state index contributed by atoms with van der Waals surface area (Å²) in [6.07, 6.45) is 3.31. The molecule has 0 aromatic rings. The van der Waals surface area contributed by atoms with Crippen LogP contribution in [0.3, 0.4) is 0 Å². The summed E-state index contributed by atoms with van der Waals surface area (Å²) >= 11 is 0. The summed E-state index contributed by atoms with van der Waals surface area (Å²) in [7, 11) is -1.48. The van der Waals surface area contributed by atoms with Gasteiger partial charge < -0.3 is 4.74 Å². The standard InChI is InChI=1S/C14H21NO3Si/c1-5-6-15-12(16)9-7-11-14(18-11,19(2,3)4)8-10(9)13(15)17/h5,9-11H,1,6-8H2,2-4H3. The van der Waals surface area contributed by atoms with Crippen LogP contribution < -0.4 is 0 Å². The molecule has 19 heavy (non-hydrogen) atoms. The highest BCUT2D eigenvalue weighted by Gasteiger charge is 2.71. The van der Waals surface area contributed by atoms with Crippen LogP contribution in [0.2, 0.25) is 19.6 Å². The van der Waals surface area contributed by atoms with E-state index >= 15 is 0 Å². The van der Waals surface area contributed by atoms with E-state index < -0.39 is 8.07 Å². The van der Waals surface area contributed by atoms with E-state index in [0.29, 0.717) is 6.54 Å². The lowest BCUT2D eigenvalue weighted by Gasteiger charge is -2.32. The molecule has 3 aliphatic rings. The van der Waals surface area contributed by atoms with Crippen molar-refractivity contribution in [2.45, 2.75) is 43.8 Å². The topological polar surface area (TPSA) is 49.9 Å². The molecule has 0 spiro atoms. The molecule has 0 radical (unpaired) electrons. The van der Waals surface area contributed by atoms with Gasteiger partial charge in [-0.25, -0.2) is 0 Å². The molecular weight excluding hydrogens is 258 g/mol. The Morgan fingerprint density at radius 1 is 1.37 bits per heavy atom. The summed E-state index contributed by atoms with van der Waals surface area (Å²) in [6.45, 7) is 10.8. The molecule has 5 heteroatoms. The van der Waals surface area contributed by atoms with E-state index in [1.807, 2.05) is 0 Å². The molecule has 4 unspecified atom stereocenters. The third-order valence-corrected chi connectivity index (χ3v) is 8.22. The van der Waals surface area contributed by atoms with Gasteiger partial charge >= 0.3 is 0 Å². The fourth-order valence-electron chi connectivity index (χ4n) is 3.82. The zero-order valence-corrected chi connectivity index (χ0v) is 12.8. The molecular formula is C14H21NO3Si. The molecule has 2 saturated heterocycles. The zero-order valence-electron chi connectivity index (χ0n) is 11.8. The molecule has 0 N–H and O–H groups in total. The number of likely N-dealkylation sites (tertiary alicyclic amines) is 1. The molecule has 3 fully saturated rings. The predicted molar refractivity (Wildman–Crippen MR) is 74.1 cm³/mol. The highest BCUT2D eigenvalue weighted by molar-refractivity contribution is 6.79. The van der Waals surface area contributed by atoms with Crippen molar-refractivity contribution in [3.05, 3.63) is 12.7 Å². The smallest absolute Gasteiger partial charge is 0.233 e. The van der Waals surface area contributed by atoms with Crippen LogP contribution in [-0.4, -0.2) is 42.7 Å². The first-order chi connectivity index (χ1) is 8.82. The number of rotatable bonds is 3. The average Bonchev–Trinajstić information content (AvgIpc) is 3.02. The van der Waals surface area contributed by atoms with E-state index in [-0.39, 0.29) is 35.0 Å². The lowest BCUT2D eigenvalue weighted by atomic mass is 9.81. The van der Waals surface area contributed by atoms with Crippen LogP contribution in [0.1, 0.15) is 12.8 Å². The van der Waals surface area contributed by atoms with E-state index in [9.17, 15) is 9.59 Å². The van der Waals surface area contributed by atoms with Gasteiger partial charge in [0.25, 0.3) is 0 Å². The minimum Gasteiger partial charge on any atom is -0.370 e. The van der Waals surface area contributed by atoms with Crippen LogP contribution in [0, 0.1) is 11.8 Å². The minimum absolute atomic E-state index is 0.0125. The normalized spacial score (nSPS) is 41.0. The summed E-state index contributed by atoms with van der Waals surface area (Å²) in [5, 5.41) is -0.0612. The zero-order chi connectivity index (χ0) is 14.0. The number of hydrogen-bond acceptors (Lipinski definition) is 3. The Bertz CT molecular complexity index is 470. The maximum absolute atomic E-state index is 12.4. The number of ether oxygens (including phenoxy) is 1. The molecule has 2 amide bonds. The van der Waals surface area contributed by atoms with Gasteiger partial charge in [-0.05, 0) is 12.8 Å². The SMILES string of the molecule is C=CCN1C(=O)C2CC3OC3([Si](C)(C)C)CC2C1=O. The quantitative estimate of drug-likeness (QED) is 0.341.